The summed E-state index contributed by atoms with van der Waals surface area (Å²) >= 11 is 0. The van der Waals surface area contributed by atoms with Crippen molar-refractivity contribution in [1.82, 2.24) is 10.6 Å². The van der Waals surface area contributed by atoms with Crippen LogP contribution in [0.2, 0.25) is 0 Å². The summed E-state index contributed by atoms with van der Waals surface area (Å²) in [5.74, 6) is -0.178. The lowest BCUT2D eigenvalue weighted by molar-refractivity contribution is -0.139. The second-order valence-corrected chi connectivity index (χ2v) is 4.83. The van der Waals surface area contributed by atoms with Crippen molar-refractivity contribution < 1.29 is 9.53 Å². The molecular formula is C12H24N2O2. The molecule has 0 amide bonds. The van der Waals surface area contributed by atoms with E-state index in [1.807, 2.05) is 0 Å². The monoisotopic (exact) mass is 228 g/mol. The Bertz CT molecular complexity index is 211. The number of esters is 1. The van der Waals surface area contributed by atoms with Gasteiger partial charge < -0.3 is 15.4 Å². The topological polar surface area (TPSA) is 50.4 Å². The summed E-state index contributed by atoms with van der Waals surface area (Å²) in [6.45, 7) is 4.70. The molecule has 4 heteroatoms. The molecule has 2 N–H and O–H groups in total. The number of hydrogen-bond donors (Lipinski definition) is 2. The molecule has 0 atom stereocenters. The summed E-state index contributed by atoms with van der Waals surface area (Å²) in [7, 11) is 1.42. The third-order valence-electron chi connectivity index (χ3n) is 3.06. The average Bonchev–Trinajstić information content (AvgIpc) is 2.27. The maximum Gasteiger partial charge on any atom is 0.319 e. The van der Waals surface area contributed by atoms with Crippen LogP contribution >= 0.6 is 0 Å². The zero-order chi connectivity index (χ0) is 12.0. The smallest absolute Gasteiger partial charge is 0.319 e. The number of ether oxygens (including phenoxy) is 1. The van der Waals surface area contributed by atoms with Gasteiger partial charge in [0.1, 0.15) is 0 Å². The van der Waals surface area contributed by atoms with Crippen LogP contribution in [-0.2, 0) is 9.53 Å². The Morgan fingerprint density at radius 3 is 2.31 bits per heavy atom. The minimum atomic E-state index is -0.178. The highest BCUT2D eigenvalue weighted by atomic mass is 16.5. The second-order valence-electron chi connectivity index (χ2n) is 4.83. The Hall–Kier alpha value is -0.610. The largest absolute Gasteiger partial charge is 0.468 e. The molecule has 94 valence electrons. The summed E-state index contributed by atoms with van der Waals surface area (Å²) in [6.07, 6.45) is 4.66. The van der Waals surface area contributed by atoms with Crippen LogP contribution < -0.4 is 10.6 Å². The molecular weight excluding hydrogens is 204 g/mol. The molecule has 0 unspecified atom stereocenters. The minimum Gasteiger partial charge on any atom is -0.468 e. The quantitative estimate of drug-likeness (QED) is 0.691. The van der Waals surface area contributed by atoms with E-state index < -0.39 is 0 Å². The van der Waals surface area contributed by atoms with Gasteiger partial charge >= 0.3 is 5.97 Å². The third kappa shape index (κ3) is 4.94. The molecule has 0 bridgehead atoms. The highest BCUT2D eigenvalue weighted by Crippen LogP contribution is 2.18. The molecule has 0 aromatic rings. The minimum absolute atomic E-state index is 0.178. The Kier molecular flexibility index (Phi) is 5.77. The van der Waals surface area contributed by atoms with E-state index in [1.54, 1.807) is 0 Å². The van der Waals surface area contributed by atoms with Crippen molar-refractivity contribution in [2.24, 2.45) is 0 Å². The van der Waals surface area contributed by atoms with Crippen molar-refractivity contribution >= 4 is 5.97 Å². The fourth-order valence-corrected chi connectivity index (χ4v) is 2.24. The SMILES string of the molecule is COC(=O)CNC1CCC(NC(C)C)CC1. The number of nitrogens with one attached hydrogen (secondary N) is 2. The van der Waals surface area contributed by atoms with Crippen LogP contribution in [0.5, 0.6) is 0 Å². The lowest BCUT2D eigenvalue weighted by Gasteiger charge is -2.30. The molecule has 16 heavy (non-hydrogen) atoms. The van der Waals surface area contributed by atoms with E-state index in [2.05, 4.69) is 29.2 Å². The highest BCUT2D eigenvalue weighted by molar-refractivity contribution is 5.71. The van der Waals surface area contributed by atoms with Crippen LogP contribution in [0.3, 0.4) is 0 Å². The number of carbonyl (C=O) groups excluding carboxylic acids is 1. The van der Waals surface area contributed by atoms with Gasteiger partial charge in [-0.2, -0.15) is 0 Å². The summed E-state index contributed by atoms with van der Waals surface area (Å²) in [5.41, 5.74) is 0. The predicted octanol–water partition coefficient (Wildman–Crippen LogP) is 1.06. The van der Waals surface area contributed by atoms with Gasteiger partial charge in [0.2, 0.25) is 0 Å². The van der Waals surface area contributed by atoms with Crippen LogP contribution in [0.15, 0.2) is 0 Å². The van der Waals surface area contributed by atoms with E-state index in [-0.39, 0.29) is 5.97 Å². The normalized spacial score (nSPS) is 25.8. The van der Waals surface area contributed by atoms with Gasteiger partial charge in [0.15, 0.2) is 0 Å². The lowest BCUT2D eigenvalue weighted by atomic mass is 9.91. The van der Waals surface area contributed by atoms with Crippen molar-refractivity contribution in [3.05, 3.63) is 0 Å². The van der Waals surface area contributed by atoms with Gasteiger partial charge in [-0.05, 0) is 25.7 Å². The van der Waals surface area contributed by atoms with Gasteiger partial charge in [-0.25, -0.2) is 0 Å². The molecule has 1 fully saturated rings. The molecule has 0 aromatic heterocycles. The van der Waals surface area contributed by atoms with Crippen molar-refractivity contribution in [3.63, 3.8) is 0 Å². The van der Waals surface area contributed by atoms with Gasteiger partial charge in [0, 0.05) is 18.1 Å². The molecule has 0 saturated heterocycles. The van der Waals surface area contributed by atoms with E-state index >= 15 is 0 Å². The molecule has 1 aliphatic rings. The molecule has 1 saturated carbocycles. The number of hydrogen-bond acceptors (Lipinski definition) is 4. The first kappa shape index (κ1) is 13.5. The molecule has 4 nitrogen and oxygen atoms in total. The van der Waals surface area contributed by atoms with E-state index in [9.17, 15) is 4.79 Å². The first-order valence-corrected chi connectivity index (χ1v) is 6.18. The fourth-order valence-electron chi connectivity index (χ4n) is 2.24. The van der Waals surface area contributed by atoms with Crippen molar-refractivity contribution in [3.8, 4) is 0 Å². The summed E-state index contributed by atoms with van der Waals surface area (Å²) < 4.78 is 4.60. The van der Waals surface area contributed by atoms with Crippen molar-refractivity contribution in [2.75, 3.05) is 13.7 Å². The van der Waals surface area contributed by atoms with E-state index in [0.717, 1.165) is 12.8 Å². The molecule has 0 radical (unpaired) electrons. The van der Waals surface area contributed by atoms with E-state index in [4.69, 9.17) is 0 Å². The number of carbonyl (C=O) groups is 1. The van der Waals surface area contributed by atoms with Crippen LogP contribution in [0.25, 0.3) is 0 Å². The van der Waals surface area contributed by atoms with Crippen molar-refractivity contribution in [2.45, 2.75) is 57.7 Å². The van der Waals surface area contributed by atoms with Gasteiger partial charge in [0.25, 0.3) is 0 Å². The average molecular weight is 228 g/mol. The summed E-state index contributed by atoms with van der Waals surface area (Å²) in [6, 6.07) is 1.69. The summed E-state index contributed by atoms with van der Waals surface area (Å²) in [5, 5.41) is 6.80. The number of rotatable bonds is 5. The first-order chi connectivity index (χ1) is 7.61. The van der Waals surface area contributed by atoms with Crippen LogP contribution in [0.1, 0.15) is 39.5 Å². The molecule has 0 aromatic carbocycles. The number of methoxy groups -OCH3 is 1. The second kappa shape index (κ2) is 6.86. The third-order valence-corrected chi connectivity index (χ3v) is 3.06. The first-order valence-electron chi connectivity index (χ1n) is 6.18. The molecule has 1 rings (SSSR count). The molecule has 0 spiro atoms. The summed E-state index contributed by atoms with van der Waals surface area (Å²) in [4.78, 5) is 11.0. The Morgan fingerprint density at radius 2 is 1.81 bits per heavy atom. The highest BCUT2D eigenvalue weighted by Gasteiger charge is 2.21. The zero-order valence-corrected chi connectivity index (χ0v) is 10.6. The van der Waals surface area contributed by atoms with Gasteiger partial charge in [-0.3, -0.25) is 4.79 Å². The Balaban J connectivity index is 2.14. The Morgan fingerprint density at radius 1 is 1.25 bits per heavy atom. The maximum atomic E-state index is 11.0. The molecule has 0 heterocycles. The standard InChI is InChI=1S/C12H24N2O2/c1-9(2)14-11-6-4-10(5-7-11)13-8-12(15)16-3/h9-11,13-14H,4-8H2,1-3H3. The van der Waals surface area contributed by atoms with Crippen LogP contribution in [0.4, 0.5) is 0 Å². The van der Waals surface area contributed by atoms with Gasteiger partial charge in [-0.1, -0.05) is 13.8 Å². The van der Waals surface area contributed by atoms with Crippen LogP contribution in [0, 0.1) is 0 Å². The van der Waals surface area contributed by atoms with E-state index in [0.29, 0.717) is 24.7 Å². The molecule has 0 aliphatic heterocycles. The molecule has 1 aliphatic carbocycles. The van der Waals surface area contributed by atoms with Crippen molar-refractivity contribution in [1.29, 1.82) is 0 Å². The van der Waals surface area contributed by atoms with Crippen LogP contribution in [-0.4, -0.2) is 37.7 Å². The fraction of sp³-hybridized carbons (Fsp3) is 0.917. The zero-order valence-electron chi connectivity index (χ0n) is 10.6. The maximum absolute atomic E-state index is 11.0. The van der Waals surface area contributed by atoms with E-state index in [1.165, 1.54) is 20.0 Å². The Labute approximate surface area is 98.1 Å². The lowest BCUT2D eigenvalue weighted by Crippen LogP contribution is -2.43. The van der Waals surface area contributed by atoms with Gasteiger partial charge in [-0.15, -0.1) is 0 Å². The predicted molar refractivity (Wildman–Crippen MR) is 64.3 cm³/mol. The van der Waals surface area contributed by atoms with Gasteiger partial charge in [0.05, 0.1) is 13.7 Å².